The van der Waals surface area contributed by atoms with E-state index in [-0.39, 0.29) is 11.7 Å². The molecule has 136 valence electrons. The first kappa shape index (κ1) is 17.7. The maximum absolute atomic E-state index is 12.0. The molecule has 26 heavy (non-hydrogen) atoms. The summed E-state index contributed by atoms with van der Waals surface area (Å²) in [4.78, 5) is 29.3. The summed E-state index contributed by atoms with van der Waals surface area (Å²) in [5, 5.41) is 5.57. The minimum Gasteiger partial charge on any atom is -0.372 e. The minimum atomic E-state index is -0.574. The highest BCUT2D eigenvalue weighted by molar-refractivity contribution is 5.91. The molecule has 0 spiro atoms. The van der Waals surface area contributed by atoms with Gasteiger partial charge in [-0.3, -0.25) is 9.78 Å². The Hall–Kier alpha value is -3.09. The fraction of sp³-hybridized carbons (Fsp3) is 0.316. The number of aromatic nitrogens is 1. The van der Waals surface area contributed by atoms with Crippen LogP contribution >= 0.6 is 0 Å². The maximum Gasteiger partial charge on any atom is 0.319 e. The van der Waals surface area contributed by atoms with Crippen molar-refractivity contribution >= 4 is 23.3 Å². The first-order chi connectivity index (χ1) is 12.6. The zero-order valence-electron chi connectivity index (χ0n) is 14.6. The number of piperidine rings is 1. The molecule has 3 amide bonds. The molecular formula is C19H23N5O2. The Bertz CT molecular complexity index is 753. The van der Waals surface area contributed by atoms with Crippen LogP contribution in [0.5, 0.6) is 0 Å². The van der Waals surface area contributed by atoms with Gasteiger partial charge in [0, 0.05) is 37.2 Å². The van der Waals surface area contributed by atoms with Crippen molar-refractivity contribution < 1.29 is 9.59 Å². The van der Waals surface area contributed by atoms with Crippen molar-refractivity contribution in [1.29, 1.82) is 0 Å². The van der Waals surface area contributed by atoms with Crippen LogP contribution in [-0.2, 0) is 6.54 Å². The van der Waals surface area contributed by atoms with Crippen molar-refractivity contribution in [1.82, 2.24) is 10.3 Å². The first-order valence-corrected chi connectivity index (χ1v) is 8.76. The van der Waals surface area contributed by atoms with Crippen LogP contribution in [0.3, 0.4) is 0 Å². The minimum absolute atomic E-state index is 0.201. The molecular weight excluding hydrogens is 330 g/mol. The van der Waals surface area contributed by atoms with E-state index in [4.69, 9.17) is 5.73 Å². The zero-order valence-corrected chi connectivity index (χ0v) is 14.6. The van der Waals surface area contributed by atoms with Crippen LogP contribution in [0, 0.1) is 0 Å². The molecule has 1 aromatic heterocycles. The number of urea groups is 1. The molecule has 0 unspecified atom stereocenters. The highest BCUT2D eigenvalue weighted by atomic mass is 16.2. The molecule has 0 bridgehead atoms. The van der Waals surface area contributed by atoms with E-state index >= 15 is 0 Å². The average molecular weight is 353 g/mol. The summed E-state index contributed by atoms with van der Waals surface area (Å²) in [5.74, 6) is -0.574. The van der Waals surface area contributed by atoms with Gasteiger partial charge >= 0.3 is 6.03 Å². The number of rotatable bonds is 5. The van der Waals surface area contributed by atoms with Gasteiger partial charge in [-0.1, -0.05) is 6.07 Å². The highest BCUT2D eigenvalue weighted by Gasteiger charge is 2.11. The Morgan fingerprint density at radius 3 is 2.38 bits per heavy atom. The van der Waals surface area contributed by atoms with Gasteiger partial charge in [0.15, 0.2) is 0 Å². The predicted molar refractivity (Wildman–Crippen MR) is 101 cm³/mol. The molecule has 4 N–H and O–H groups in total. The van der Waals surface area contributed by atoms with E-state index in [9.17, 15) is 9.59 Å². The third-order valence-electron chi connectivity index (χ3n) is 4.38. The number of nitrogens with one attached hydrogen (secondary N) is 2. The van der Waals surface area contributed by atoms with Crippen LogP contribution < -0.4 is 21.3 Å². The molecule has 1 saturated heterocycles. The van der Waals surface area contributed by atoms with Crippen LogP contribution in [0.4, 0.5) is 16.2 Å². The number of nitrogens with zero attached hydrogens (tertiary/aromatic N) is 2. The summed E-state index contributed by atoms with van der Waals surface area (Å²) < 4.78 is 0. The van der Waals surface area contributed by atoms with Gasteiger partial charge < -0.3 is 21.3 Å². The molecule has 0 aliphatic carbocycles. The fourth-order valence-corrected chi connectivity index (χ4v) is 2.94. The van der Waals surface area contributed by atoms with Gasteiger partial charge in [0.2, 0.25) is 0 Å². The molecule has 1 aromatic carbocycles. The Morgan fingerprint density at radius 1 is 1.04 bits per heavy atom. The molecule has 7 heteroatoms. The number of hydrogen-bond acceptors (Lipinski definition) is 4. The summed E-state index contributed by atoms with van der Waals surface area (Å²) in [6.07, 6.45) is 5.29. The van der Waals surface area contributed by atoms with E-state index in [0.29, 0.717) is 6.54 Å². The normalized spacial score (nSPS) is 13.9. The number of pyridine rings is 1. The molecule has 7 nitrogen and oxygen atoms in total. The van der Waals surface area contributed by atoms with Crippen molar-refractivity contribution in [2.75, 3.05) is 23.3 Å². The van der Waals surface area contributed by atoms with Gasteiger partial charge in [-0.25, -0.2) is 4.79 Å². The second-order valence-electron chi connectivity index (χ2n) is 6.32. The molecule has 3 rings (SSSR count). The van der Waals surface area contributed by atoms with Gasteiger partial charge in [0.25, 0.3) is 5.91 Å². The second kappa shape index (κ2) is 8.33. The zero-order chi connectivity index (χ0) is 18.4. The molecule has 1 fully saturated rings. The van der Waals surface area contributed by atoms with E-state index in [1.54, 1.807) is 6.07 Å². The molecule has 2 aromatic rings. The van der Waals surface area contributed by atoms with Gasteiger partial charge in [-0.05, 0) is 55.2 Å². The molecule has 0 atom stereocenters. The van der Waals surface area contributed by atoms with Crippen molar-refractivity contribution in [2.24, 2.45) is 5.73 Å². The van der Waals surface area contributed by atoms with E-state index in [2.05, 4.69) is 20.5 Å². The summed E-state index contributed by atoms with van der Waals surface area (Å²) in [6, 6.07) is 10.8. The lowest BCUT2D eigenvalue weighted by atomic mass is 10.1. The lowest BCUT2D eigenvalue weighted by Crippen LogP contribution is -2.29. The number of anilines is 2. The number of carbonyl (C=O) groups is 2. The highest BCUT2D eigenvalue weighted by Crippen LogP contribution is 2.21. The molecule has 1 aliphatic rings. The quantitative estimate of drug-likeness (QED) is 0.769. The van der Waals surface area contributed by atoms with Crippen molar-refractivity contribution in [2.45, 2.75) is 25.8 Å². The standard InChI is InChI=1S/C19H23N5O2/c20-18(25)17-9-4-14(12-21-17)13-22-19(26)23-15-5-7-16(8-6-15)24-10-2-1-3-11-24/h4-9,12H,1-3,10-11,13H2,(H2,20,25)(H2,22,23,26). The van der Waals surface area contributed by atoms with Crippen LogP contribution in [0.2, 0.25) is 0 Å². The van der Waals surface area contributed by atoms with Gasteiger partial charge in [-0.2, -0.15) is 0 Å². The van der Waals surface area contributed by atoms with Crippen molar-refractivity contribution in [3.63, 3.8) is 0 Å². The second-order valence-corrected chi connectivity index (χ2v) is 6.32. The Kier molecular flexibility index (Phi) is 5.68. The Labute approximate surface area is 152 Å². The maximum atomic E-state index is 12.0. The van der Waals surface area contributed by atoms with E-state index in [0.717, 1.165) is 24.3 Å². The molecule has 2 heterocycles. The molecule has 0 saturated carbocycles. The topological polar surface area (TPSA) is 100 Å². The number of carbonyl (C=O) groups excluding carboxylic acids is 2. The SMILES string of the molecule is NC(=O)c1ccc(CNC(=O)Nc2ccc(N3CCCCC3)cc2)cn1. The molecule has 1 aliphatic heterocycles. The Morgan fingerprint density at radius 2 is 1.77 bits per heavy atom. The van der Waals surface area contributed by atoms with Crippen LogP contribution in [0.1, 0.15) is 35.3 Å². The van der Waals surface area contributed by atoms with Gasteiger partial charge in [0.05, 0.1) is 0 Å². The Balaban J connectivity index is 1.49. The monoisotopic (exact) mass is 353 g/mol. The number of hydrogen-bond donors (Lipinski definition) is 3. The number of benzene rings is 1. The lowest BCUT2D eigenvalue weighted by molar-refractivity contribution is 0.0995. The summed E-state index contributed by atoms with van der Waals surface area (Å²) in [7, 11) is 0. The van der Waals surface area contributed by atoms with Crippen LogP contribution in [0.25, 0.3) is 0 Å². The van der Waals surface area contributed by atoms with Gasteiger partial charge in [0.1, 0.15) is 5.69 Å². The van der Waals surface area contributed by atoms with Crippen LogP contribution in [0.15, 0.2) is 42.6 Å². The van der Waals surface area contributed by atoms with E-state index in [1.807, 2.05) is 24.3 Å². The predicted octanol–water partition coefficient (Wildman–Crippen LogP) is 2.49. The number of primary amides is 1. The van der Waals surface area contributed by atoms with E-state index in [1.165, 1.54) is 37.2 Å². The van der Waals surface area contributed by atoms with E-state index < -0.39 is 5.91 Å². The largest absolute Gasteiger partial charge is 0.372 e. The summed E-state index contributed by atoms with van der Waals surface area (Å²) in [6.45, 7) is 2.50. The van der Waals surface area contributed by atoms with Crippen LogP contribution in [-0.4, -0.2) is 30.0 Å². The fourth-order valence-electron chi connectivity index (χ4n) is 2.94. The smallest absolute Gasteiger partial charge is 0.319 e. The first-order valence-electron chi connectivity index (χ1n) is 8.76. The number of amides is 3. The van der Waals surface area contributed by atoms with Crippen molar-refractivity contribution in [3.8, 4) is 0 Å². The number of nitrogens with two attached hydrogens (primary N) is 1. The summed E-state index contributed by atoms with van der Waals surface area (Å²) in [5.41, 5.74) is 8.06. The third kappa shape index (κ3) is 4.72. The van der Waals surface area contributed by atoms with Gasteiger partial charge in [-0.15, -0.1) is 0 Å². The molecule has 0 radical (unpaired) electrons. The third-order valence-corrected chi connectivity index (χ3v) is 4.38. The average Bonchev–Trinajstić information content (AvgIpc) is 2.68. The van der Waals surface area contributed by atoms with Crippen molar-refractivity contribution in [3.05, 3.63) is 53.9 Å². The summed E-state index contributed by atoms with van der Waals surface area (Å²) >= 11 is 0. The lowest BCUT2D eigenvalue weighted by Gasteiger charge is -2.28.